The summed E-state index contributed by atoms with van der Waals surface area (Å²) in [4.78, 5) is 4.60. The van der Waals surface area contributed by atoms with Crippen LogP contribution < -0.4 is 5.73 Å². The summed E-state index contributed by atoms with van der Waals surface area (Å²) in [5.74, 6) is 0. The second kappa shape index (κ2) is 5.50. The standard InChI is InChI=1S/C20H23N3/c1-13-8-15(6-7-18(13)14(2)21)11-23-12-22-19-9-16-4-3-5-17(16)10-20(19)23/h6-10,12,14H,3-5,11,21H2,1-2H3. The van der Waals surface area contributed by atoms with Gasteiger partial charge in [0.05, 0.1) is 17.4 Å². The Bertz CT molecular complexity index is 874. The summed E-state index contributed by atoms with van der Waals surface area (Å²) in [5, 5.41) is 0. The fourth-order valence-corrected chi connectivity index (χ4v) is 3.80. The van der Waals surface area contributed by atoms with Crippen LogP contribution in [0, 0.1) is 6.92 Å². The number of benzene rings is 2. The van der Waals surface area contributed by atoms with Gasteiger partial charge in [-0.15, -0.1) is 0 Å². The molecule has 0 aliphatic heterocycles. The van der Waals surface area contributed by atoms with Gasteiger partial charge in [-0.2, -0.15) is 0 Å². The highest BCUT2D eigenvalue weighted by atomic mass is 15.0. The van der Waals surface area contributed by atoms with Crippen molar-refractivity contribution in [3.8, 4) is 0 Å². The highest BCUT2D eigenvalue weighted by molar-refractivity contribution is 5.78. The molecule has 2 N–H and O–H groups in total. The van der Waals surface area contributed by atoms with E-state index >= 15 is 0 Å². The lowest BCUT2D eigenvalue weighted by atomic mass is 10.0. The summed E-state index contributed by atoms with van der Waals surface area (Å²) in [6.45, 7) is 5.03. The average Bonchev–Trinajstić information content (AvgIpc) is 3.11. The van der Waals surface area contributed by atoms with E-state index in [2.05, 4.69) is 46.8 Å². The highest BCUT2D eigenvalue weighted by Gasteiger charge is 2.14. The number of fused-ring (bicyclic) bond motifs is 2. The van der Waals surface area contributed by atoms with Crippen molar-refractivity contribution in [2.45, 2.75) is 45.7 Å². The van der Waals surface area contributed by atoms with Gasteiger partial charge in [0, 0.05) is 12.6 Å². The summed E-state index contributed by atoms with van der Waals surface area (Å²) >= 11 is 0. The van der Waals surface area contributed by atoms with E-state index in [0.717, 1.165) is 12.1 Å². The van der Waals surface area contributed by atoms with E-state index in [9.17, 15) is 0 Å². The average molecular weight is 305 g/mol. The van der Waals surface area contributed by atoms with Gasteiger partial charge in [0.1, 0.15) is 0 Å². The second-order valence-corrected chi connectivity index (χ2v) is 6.82. The van der Waals surface area contributed by atoms with E-state index in [4.69, 9.17) is 5.73 Å². The lowest BCUT2D eigenvalue weighted by Crippen LogP contribution is -2.07. The highest BCUT2D eigenvalue weighted by Crippen LogP contribution is 2.27. The third kappa shape index (κ3) is 2.55. The van der Waals surface area contributed by atoms with Crippen molar-refractivity contribution in [1.82, 2.24) is 9.55 Å². The Labute approximate surface area is 137 Å². The molecule has 0 bridgehead atoms. The Kier molecular flexibility index (Phi) is 3.46. The first-order valence-corrected chi connectivity index (χ1v) is 8.43. The minimum Gasteiger partial charge on any atom is -0.326 e. The fourth-order valence-electron chi connectivity index (χ4n) is 3.80. The van der Waals surface area contributed by atoms with Crippen molar-refractivity contribution in [2.75, 3.05) is 0 Å². The number of aromatic nitrogens is 2. The van der Waals surface area contributed by atoms with E-state index in [-0.39, 0.29) is 6.04 Å². The van der Waals surface area contributed by atoms with Crippen LogP contribution in [0.2, 0.25) is 0 Å². The summed E-state index contributed by atoms with van der Waals surface area (Å²) in [6, 6.07) is 11.3. The molecule has 4 rings (SSSR count). The second-order valence-electron chi connectivity index (χ2n) is 6.82. The molecule has 23 heavy (non-hydrogen) atoms. The Hall–Kier alpha value is -2.13. The molecule has 1 aromatic heterocycles. The summed E-state index contributed by atoms with van der Waals surface area (Å²) in [6.07, 6.45) is 5.66. The molecular weight excluding hydrogens is 282 g/mol. The van der Waals surface area contributed by atoms with Gasteiger partial charge in [-0.3, -0.25) is 0 Å². The zero-order valence-corrected chi connectivity index (χ0v) is 13.8. The molecule has 1 unspecified atom stereocenters. The normalized spacial score (nSPS) is 15.1. The van der Waals surface area contributed by atoms with E-state index in [0.29, 0.717) is 0 Å². The van der Waals surface area contributed by atoms with Gasteiger partial charge in [-0.1, -0.05) is 18.2 Å². The molecule has 3 heteroatoms. The van der Waals surface area contributed by atoms with Gasteiger partial charge >= 0.3 is 0 Å². The third-order valence-corrected chi connectivity index (χ3v) is 5.01. The largest absolute Gasteiger partial charge is 0.326 e. The zero-order chi connectivity index (χ0) is 16.0. The van der Waals surface area contributed by atoms with Crippen molar-refractivity contribution < 1.29 is 0 Å². The number of imidazole rings is 1. The number of hydrogen-bond donors (Lipinski definition) is 1. The molecule has 0 saturated heterocycles. The lowest BCUT2D eigenvalue weighted by Gasteiger charge is -2.12. The van der Waals surface area contributed by atoms with Crippen molar-refractivity contribution in [1.29, 1.82) is 0 Å². The number of hydrogen-bond acceptors (Lipinski definition) is 2. The topological polar surface area (TPSA) is 43.8 Å². The Morgan fingerprint density at radius 2 is 1.96 bits per heavy atom. The van der Waals surface area contributed by atoms with E-state index in [1.807, 2.05) is 13.3 Å². The number of nitrogens with zero attached hydrogens (tertiary/aromatic N) is 2. The lowest BCUT2D eigenvalue weighted by molar-refractivity contribution is 0.797. The van der Waals surface area contributed by atoms with Crippen LogP contribution in [0.3, 0.4) is 0 Å². The van der Waals surface area contributed by atoms with Crippen molar-refractivity contribution in [2.24, 2.45) is 5.73 Å². The van der Waals surface area contributed by atoms with Crippen molar-refractivity contribution in [3.63, 3.8) is 0 Å². The monoisotopic (exact) mass is 305 g/mol. The molecule has 1 atom stereocenters. The number of nitrogens with two attached hydrogens (primary N) is 1. The molecule has 0 amide bonds. The first kappa shape index (κ1) is 14.5. The molecule has 118 valence electrons. The van der Waals surface area contributed by atoms with Crippen LogP contribution in [0.25, 0.3) is 11.0 Å². The predicted octanol–water partition coefficient (Wildman–Crippen LogP) is 3.90. The molecule has 1 aliphatic carbocycles. The molecule has 0 fully saturated rings. The maximum Gasteiger partial charge on any atom is 0.0961 e. The summed E-state index contributed by atoms with van der Waals surface area (Å²) < 4.78 is 2.26. The summed E-state index contributed by atoms with van der Waals surface area (Å²) in [5.41, 5.74) is 15.2. The first-order valence-electron chi connectivity index (χ1n) is 8.43. The third-order valence-electron chi connectivity index (χ3n) is 5.01. The minimum atomic E-state index is 0.0840. The quantitative estimate of drug-likeness (QED) is 0.797. The van der Waals surface area contributed by atoms with Crippen LogP contribution in [0.5, 0.6) is 0 Å². The Morgan fingerprint density at radius 3 is 2.70 bits per heavy atom. The van der Waals surface area contributed by atoms with Crippen molar-refractivity contribution >= 4 is 11.0 Å². The molecule has 1 heterocycles. The van der Waals surface area contributed by atoms with Gasteiger partial charge in [0.2, 0.25) is 0 Å². The predicted molar refractivity (Wildman–Crippen MR) is 94.6 cm³/mol. The van der Waals surface area contributed by atoms with Gasteiger partial charge < -0.3 is 10.3 Å². The van der Waals surface area contributed by atoms with E-state index in [1.54, 1.807) is 0 Å². The number of aryl methyl sites for hydroxylation is 3. The van der Waals surface area contributed by atoms with Gasteiger partial charge in [-0.25, -0.2) is 4.98 Å². The smallest absolute Gasteiger partial charge is 0.0961 e. The van der Waals surface area contributed by atoms with Crippen LogP contribution in [0.4, 0.5) is 0 Å². The summed E-state index contributed by atoms with van der Waals surface area (Å²) in [7, 11) is 0. The maximum atomic E-state index is 6.01. The molecule has 0 spiro atoms. The molecule has 3 aromatic rings. The van der Waals surface area contributed by atoms with Crippen LogP contribution in [-0.4, -0.2) is 9.55 Å². The molecule has 3 nitrogen and oxygen atoms in total. The Morgan fingerprint density at radius 1 is 1.17 bits per heavy atom. The molecule has 0 saturated carbocycles. The Balaban J connectivity index is 1.69. The van der Waals surface area contributed by atoms with Crippen LogP contribution in [0.1, 0.15) is 47.2 Å². The van der Waals surface area contributed by atoms with Gasteiger partial charge in [-0.05, 0) is 73.1 Å². The van der Waals surface area contributed by atoms with Crippen molar-refractivity contribution in [3.05, 3.63) is 64.5 Å². The van der Waals surface area contributed by atoms with E-state index < -0.39 is 0 Å². The molecule has 2 aromatic carbocycles. The molecule has 1 aliphatic rings. The SMILES string of the molecule is Cc1cc(Cn2cnc3cc4c(cc32)CCC4)ccc1C(C)N. The van der Waals surface area contributed by atoms with Crippen LogP contribution in [0.15, 0.2) is 36.7 Å². The number of rotatable bonds is 3. The van der Waals surface area contributed by atoms with Gasteiger partial charge in [0.15, 0.2) is 0 Å². The maximum absolute atomic E-state index is 6.01. The van der Waals surface area contributed by atoms with Crippen LogP contribution in [-0.2, 0) is 19.4 Å². The fraction of sp³-hybridized carbons (Fsp3) is 0.350. The zero-order valence-electron chi connectivity index (χ0n) is 13.8. The van der Waals surface area contributed by atoms with Gasteiger partial charge in [0.25, 0.3) is 0 Å². The van der Waals surface area contributed by atoms with E-state index in [1.165, 1.54) is 52.6 Å². The van der Waals surface area contributed by atoms with Crippen LogP contribution >= 0.6 is 0 Å². The first-order chi connectivity index (χ1) is 11.1. The molecular formula is C20H23N3. The molecule has 0 radical (unpaired) electrons. The minimum absolute atomic E-state index is 0.0840.